The van der Waals surface area contributed by atoms with Gasteiger partial charge in [-0.15, -0.1) is 0 Å². The Morgan fingerprint density at radius 2 is 2.02 bits per heavy atom. The number of halogens is 1. The van der Waals surface area contributed by atoms with Crippen molar-refractivity contribution < 1.29 is 14.3 Å². The molecule has 5 heterocycles. The zero-order chi connectivity index (χ0) is 32.3. The summed E-state index contributed by atoms with van der Waals surface area (Å²) in [7, 11) is 0. The summed E-state index contributed by atoms with van der Waals surface area (Å²) in [6, 6.07) is 16.6. The average molecular weight is 631 g/mol. The summed E-state index contributed by atoms with van der Waals surface area (Å²) in [5.41, 5.74) is 4.93. The number of nitriles is 1. The predicted molar refractivity (Wildman–Crippen MR) is 173 cm³/mol. The summed E-state index contributed by atoms with van der Waals surface area (Å²) in [4.78, 5) is 31.1. The number of hydrogen-bond acceptors (Lipinski definition) is 7. The molecule has 1 saturated carbocycles. The molecule has 0 unspecified atom stereocenters. The Balaban J connectivity index is 1.01. The van der Waals surface area contributed by atoms with Gasteiger partial charge in [-0.2, -0.15) is 5.26 Å². The highest BCUT2D eigenvalue weighted by Crippen LogP contribution is 2.59. The van der Waals surface area contributed by atoms with Crippen LogP contribution in [0.3, 0.4) is 0 Å². The van der Waals surface area contributed by atoms with E-state index in [1.165, 1.54) is 6.07 Å². The van der Waals surface area contributed by atoms with E-state index in [0.717, 1.165) is 78.8 Å². The molecule has 2 fully saturated rings. The van der Waals surface area contributed by atoms with E-state index in [2.05, 4.69) is 49.0 Å². The lowest BCUT2D eigenvalue weighted by Gasteiger charge is -2.33. The smallest absolute Gasteiger partial charge is 0.335 e. The van der Waals surface area contributed by atoms with Crippen LogP contribution in [0.15, 0.2) is 60.9 Å². The Hall–Kier alpha value is -5.08. The minimum absolute atomic E-state index is 0.0511. The number of fused-ring (bicyclic) bond motifs is 3. The van der Waals surface area contributed by atoms with Crippen LogP contribution in [0.25, 0.3) is 11.0 Å². The van der Waals surface area contributed by atoms with Crippen molar-refractivity contribution in [3.63, 3.8) is 0 Å². The van der Waals surface area contributed by atoms with Crippen molar-refractivity contribution in [2.75, 3.05) is 24.5 Å². The third-order valence-electron chi connectivity index (χ3n) is 10.5. The second kappa shape index (κ2) is 11.3. The van der Waals surface area contributed by atoms with Crippen molar-refractivity contribution in [3.05, 3.63) is 106 Å². The van der Waals surface area contributed by atoms with Gasteiger partial charge in [0, 0.05) is 55.2 Å². The summed E-state index contributed by atoms with van der Waals surface area (Å²) in [5.74, 6) is 1.89. The fourth-order valence-electron chi connectivity index (χ4n) is 7.75. The number of rotatable bonds is 8. The SMILES string of the molecule is CCn1ccnc1Cn1c(CN2CC[C@]3(c4cccc(N5CCc6cc(C#N)cc(F)c6C5)n4)C[C@@H]3C2)nc2ccc(C(=O)O)cc21. The molecule has 0 amide bonds. The number of carboxylic acids is 1. The first-order valence-electron chi connectivity index (χ1n) is 16.2. The summed E-state index contributed by atoms with van der Waals surface area (Å²) < 4.78 is 19.1. The summed E-state index contributed by atoms with van der Waals surface area (Å²) >= 11 is 0. The van der Waals surface area contributed by atoms with Crippen LogP contribution in [-0.4, -0.2) is 59.7 Å². The number of nitrogens with zero attached hydrogens (tertiary/aromatic N) is 8. The maximum Gasteiger partial charge on any atom is 0.335 e. The van der Waals surface area contributed by atoms with Crippen LogP contribution < -0.4 is 4.90 Å². The monoisotopic (exact) mass is 630 g/mol. The molecule has 8 rings (SSSR count). The Morgan fingerprint density at radius 3 is 2.83 bits per heavy atom. The quantitative estimate of drug-likeness (QED) is 0.251. The largest absolute Gasteiger partial charge is 0.478 e. The Bertz CT molecular complexity index is 2080. The van der Waals surface area contributed by atoms with Crippen LogP contribution in [0.1, 0.15) is 64.2 Å². The van der Waals surface area contributed by atoms with Crippen LogP contribution >= 0.6 is 0 Å². The van der Waals surface area contributed by atoms with E-state index < -0.39 is 5.97 Å². The Kier molecular flexibility index (Phi) is 7.06. The molecule has 238 valence electrons. The number of aromatic carboxylic acids is 1. The number of likely N-dealkylation sites (tertiary alicyclic amines) is 1. The van der Waals surface area contributed by atoms with Crippen LogP contribution in [0.5, 0.6) is 0 Å². The van der Waals surface area contributed by atoms with E-state index in [1.54, 1.807) is 24.4 Å². The van der Waals surface area contributed by atoms with Gasteiger partial charge in [-0.25, -0.2) is 24.1 Å². The molecule has 0 bridgehead atoms. The third-order valence-corrected chi connectivity index (χ3v) is 10.5. The molecule has 1 N–H and O–H groups in total. The second-order valence-corrected chi connectivity index (χ2v) is 13.1. The van der Waals surface area contributed by atoms with Gasteiger partial charge in [0.25, 0.3) is 0 Å². The standard InChI is InChI=1S/C36H35FN8O2/c1-2-43-13-10-39-33(43)22-45-30-16-25(35(46)47)6-7-29(30)40-34(45)21-42-12-9-36(17-26(36)19-42)31-4-3-5-32(41-31)44-11-8-24-14-23(18-38)15-28(37)27(24)20-44/h3-7,10,13-16,26H,2,8-9,11-12,17,19-22H2,1H3,(H,46,47)/t26-,36+/m1/s1. The van der Waals surface area contributed by atoms with Crippen molar-refractivity contribution in [1.82, 2.24) is 29.0 Å². The van der Waals surface area contributed by atoms with Gasteiger partial charge in [0.1, 0.15) is 23.3 Å². The molecular weight excluding hydrogens is 595 g/mol. The first-order chi connectivity index (χ1) is 22.8. The summed E-state index contributed by atoms with van der Waals surface area (Å²) in [6.07, 6.45) is 6.52. The number of pyridine rings is 1. The molecule has 3 aliphatic rings. The number of aromatic nitrogens is 5. The third kappa shape index (κ3) is 5.13. The van der Waals surface area contributed by atoms with Crippen LogP contribution in [0.2, 0.25) is 0 Å². The van der Waals surface area contributed by atoms with Crippen molar-refractivity contribution in [2.24, 2.45) is 5.92 Å². The first kappa shape index (κ1) is 29.3. The maximum atomic E-state index is 14.9. The van der Waals surface area contributed by atoms with Crippen LogP contribution in [0, 0.1) is 23.1 Å². The molecule has 1 saturated heterocycles. The Labute approximate surface area is 271 Å². The van der Waals surface area contributed by atoms with E-state index in [1.807, 2.05) is 18.3 Å². The van der Waals surface area contributed by atoms with Gasteiger partial charge >= 0.3 is 5.97 Å². The summed E-state index contributed by atoms with van der Waals surface area (Å²) in [6.45, 7) is 7.07. The predicted octanol–water partition coefficient (Wildman–Crippen LogP) is 5.13. The van der Waals surface area contributed by atoms with E-state index in [0.29, 0.717) is 43.1 Å². The number of anilines is 1. The molecule has 10 nitrogen and oxygen atoms in total. The number of piperidine rings is 1. The van der Waals surface area contributed by atoms with Crippen molar-refractivity contribution in [3.8, 4) is 6.07 Å². The van der Waals surface area contributed by atoms with E-state index >= 15 is 0 Å². The molecule has 2 atom stereocenters. The minimum atomic E-state index is -0.957. The normalized spacial score (nSPS) is 20.5. The van der Waals surface area contributed by atoms with Crippen molar-refractivity contribution in [2.45, 2.75) is 57.8 Å². The van der Waals surface area contributed by atoms with Crippen LogP contribution in [-0.2, 0) is 38.0 Å². The van der Waals surface area contributed by atoms with Gasteiger partial charge in [0.15, 0.2) is 0 Å². The first-order valence-corrected chi connectivity index (χ1v) is 16.2. The minimum Gasteiger partial charge on any atom is -0.478 e. The van der Waals surface area contributed by atoms with E-state index in [9.17, 15) is 19.6 Å². The number of aryl methyl sites for hydroxylation is 1. The lowest BCUT2D eigenvalue weighted by Crippen LogP contribution is -2.37. The molecule has 0 spiro atoms. The molecule has 47 heavy (non-hydrogen) atoms. The fourth-order valence-corrected chi connectivity index (χ4v) is 7.75. The highest BCUT2D eigenvalue weighted by Gasteiger charge is 2.58. The zero-order valence-electron chi connectivity index (χ0n) is 26.2. The molecule has 1 aliphatic carbocycles. The van der Waals surface area contributed by atoms with Gasteiger partial charge in [-0.3, -0.25) is 4.90 Å². The number of carbonyl (C=O) groups is 1. The zero-order valence-corrected chi connectivity index (χ0v) is 26.2. The molecule has 2 aromatic carbocycles. The molecule has 2 aliphatic heterocycles. The molecule has 3 aromatic heterocycles. The van der Waals surface area contributed by atoms with Gasteiger partial charge in [0.05, 0.1) is 41.3 Å². The molecule has 11 heteroatoms. The lowest BCUT2D eigenvalue weighted by atomic mass is 9.91. The highest BCUT2D eigenvalue weighted by molar-refractivity contribution is 5.92. The van der Waals surface area contributed by atoms with E-state index in [-0.39, 0.29) is 16.8 Å². The average Bonchev–Trinajstić information content (AvgIpc) is 3.49. The number of carboxylic acid groups (broad SMARTS) is 1. The summed E-state index contributed by atoms with van der Waals surface area (Å²) in [5, 5.41) is 18.9. The van der Waals surface area contributed by atoms with Crippen molar-refractivity contribution >= 4 is 22.8 Å². The lowest BCUT2D eigenvalue weighted by molar-refractivity contribution is 0.0697. The van der Waals surface area contributed by atoms with E-state index in [4.69, 9.17) is 9.97 Å². The molecule has 0 radical (unpaired) electrons. The van der Waals surface area contributed by atoms with Gasteiger partial charge in [-0.05, 0) is 86.7 Å². The number of imidazole rings is 2. The molecule has 5 aromatic rings. The van der Waals surface area contributed by atoms with Gasteiger partial charge < -0.3 is 19.1 Å². The topological polar surface area (TPSA) is 116 Å². The number of hydrogen-bond donors (Lipinski definition) is 1. The fraction of sp³-hybridized carbons (Fsp3) is 0.361. The van der Waals surface area contributed by atoms with Crippen molar-refractivity contribution in [1.29, 1.82) is 5.26 Å². The van der Waals surface area contributed by atoms with Gasteiger partial charge in [-0.1, -0.05) is 6.07 Å². The highest BCUT2D eigenvalue weighted by atomic mass is 19.1. The molecular formula is C36H35FN8O2. The second-order valence-electron chi connectivity index (χ2n) is 13.1. The number of benzene rings is 2. The maximum absolute atomic E-state index is 14.9. The van der Waals surface area contributed by atoms with Gasteiger partial charge in [0.2, 0.25) is 0 Å². The van der Waals surface area contributed by atoms with Crippen LogP contribution in [0.4, 0.5) is 10.2 Å². The Morgan fingerprint density at radius 1 is 1.13 bits per heavy atom.